The molecule has 6 nitrogen and oxygen atoms in total. The molecule has 0 amide bonds. The highest BCUT2D eigenvalue weighted by atomic mass is 127. The molecule has 0 spiro atoms. The molecule has 2 aliphatic carbocycles. The van der Waals surface area contributed by atoms with Crippen molar-refractivity contribution >= 4 is 29.9 Å². The van der Waals surface area contributed by atoms with E-state index < -0.39 is 0 Å². The minimum Gasteiger partial charge on any atom is -0.354 e. The summed E-state index contributed by atoms with van der Waals surface area (Å²) in [5, 5.41) is 15.9. The zero-order valence-corrected chi connectivity index (χ0v) is 20.2. The third kappa shape index (κ3) is 6.88. The van der Waals surface area contributed by atoms with E-state index in [1.807, 2.05) is 18.5 Å². The Morgan fingerprint density at radius 2 is 1.64 bits per heavy atom. The van der Waals surface area contributed by atoms with Crippen LogP contribution in [0.1, 0.15) is 89.2 Å². The Kier molecular flexibility index (Phi) is 10.0. The summed E-state index contributed by atoms with van der Waals surface area (Å²) in [5.41, 5.74) is 0. The van der Waals surface area contributed by atoms with Crippen LogP contribution in [0.5, 0.6) is 0 Å². The van der Waals surface area contributed by atoms with Gasteiger partial charge in [0.15, 0.2) is 11.8 Å². The molecule has 1 heterocycles. The maximum absolute atomic E-state index is 4.88. The van der Waals surface area contributed by atoms with Gasteiger partial charge in [0.1, 0.15) is 12.4 Å². The van der Waals surface area contributed by atoms with Crippen LogP contribution in [0.3, 0.4) is 0 Å². The van der Waals surface area contributed by atoms with Crippen molar-refractivity contribution < 1.29 is 0 Å². The van der Waals surface area contributed by atoms with Crippen molar-refractivity contribution in [3.8, 4) is 0 Å². The molecule has 2 aliphatic rings. The van der Waals surface area contributed by atoms with E-state index in [1.54, 1.807) is 0 Å². The van der Waals surface area contributed by atoms with Crippen LogP contribution in [0.25, 0.3) is 0 Å². The van der Waals surface area contributed by atoms with Crippen molar-refractivity contribution in [3.63, 3.8) is 0 Å². The third-order valence-corrected chi connectivity index (χ3v) is 6.39. The van der Waals surface area contributed by atoms with E-state index in [0.29, 0.717) is 18.6 Å². The number of hydrogen-bond donors (Lipinski definition) is 2. The molecule has 2 saturated carbocycles. The molecule has 1 aromatic heterocycles. The number of hydrogen-bond acceptors (Lipinski definition) is 3. The first kappa shape index (κ1) is 23.4. The summed E-state index contributed by atoms with van der Waals surface area (Å²) in [7, 11) is 2.01. The average molecular weight is 502 g/mol. The average Bonchev–Trinajstić information content (AvgIpc) is 3.01. The molecule has 7 heteroatoms. The number of aromatic nitrogens is 3. The lowest BCUT2D eigenvalue weighted by Gasteiger charge is -2.32. The summed E-state index contributed by atoms with van der Waals surface area (Å²) < 4.78 is 2.03. The number of guanidine groups is 1. The highest BCUT2D eigenvalue weighted by molar-refractivity contribution is 14.0. The summed E-state index contributed by atoms with van der Waals surface area (Å²) in [4.78, 5) is 4.88. The molecule has 0 bridgehead atoms. The first-order valence-corrected chi connectivity index (χ1v) is 11.1. The fourth-order valence-corrected chi connectivity index (χ4v) is 4.51. The van der Waals surface area contributed by atoms with Gasteiger partial charge in [-0.1, -0.05) is 39.0 Å². The second kappa shape index (κ2) is 12.0. The number of aliphatic imine (C=N–C) groups is 1. The van der Waals surface area contributed by atoms with E-state index in [4.69, 9.17) is 4.99 Å². The van der Waals surface area contributed by atoms with Gasteiger partial charge in [-0.3, -0.25) is 0 Å². The Hall–Kier alpha value is -0.860. The van der Waals surface area contributed by atoms with Crippen LogP contribution in [0, 0.1) is 12.8 Å². The molecule has 0 unspecified atom stereocenters. The van der Waals surface area contributed by atoms with E-state index >= 15 is 0 Å². The molecule has 3 rings (SSSR count). The summed E-state index contributed by atoms with van der Waals surface area (Å²) in [6.07, 6.45) is 14.5. The van der Waals surface area contributed by atoms with Gasteiger partial charge in [-0.05, 0) is 51.4 Å². The molecule has 0 atom stereocenters. The fourth-order valence-electron chi connectivity index (χ4n) is 4.51. The van der Waals surface area contributed by atoms with Crippen LogP contribution < -0.4 is 10.6 Å². The van der Waals surface area contributed by atoms with E-state index in [-0.39, 0.29) is 24.0 Å². The molecular weight excluding hydrogens is 463 g/mol. The van der Waals surface area contributed by atoms with Crippen molar-refractivity contribution in [1.82, 2.24) is 25.4 Å². The Labute approximate surface area is 187 Å². The normalized spacial score (nSPS) is 23.9. The van der Waals surface area contributed by atoms with Crippen LogP contribution in [0.4, 0.5) is 0 Å². The van der Waals surface area contributed by atoms with Gasteiger partial charge in [0.05, 0.1) is 0 Å². The smallest absolute Gasteiger partial charge is 0.192 e. The fraction of sp³-hybridized carbons (Fsp3) is 0.857. The lowest BCUT2D eigenvalue weighted by Crippen LogP contribution is -2.49. The Morgan fingerprint density at radius 3 is 2.21 bits per heavy atom. The highest BCUT2D eigenvalue weighted by Gasteiger charge is 2.22. The van der Waals surface area contributed by atoms with Gasteiger partial charge in [-0.15, -0.1) is 34.2 Å². The molecular formula is C21H39IN6. The second-order valence-corrected chi connectivity index (χ2v) is 8.52. The maximum Gasteiger partial charge on any atom is 0.192 e. The van der Waals surface area contributed by atoms with Crippen LogP contribution in [0.15, 0.2) is 4.99 Å². The van der Waals surface area contributed by atoms with Crippen molar-refractivity contribution in [1.29, 1.82) is 0 Å². The molecule has 2 fully saturated rings. The van der Waals surface area contributed by atoms with Gasteiger partial charge in [0.25, 0.3) is 0 Å². The number of nitrogens with zero attached hydrogens (tertiary/aromatic N) is 4. The first-order valence-electron chi connectivity index (χ1n) is 11.1. The summed E-state index contributed by atoms with van der Waals surface area (Å²) in [6, 6.07) is 1.11. The van der Waals surface area contributed by atoms with Crippen molar-refractivity contribution in [2.45, 2.75) is 103 Å². The van der Waals surface area contributed by atoms with Gasteiger partial charge in [0.2, 0.25) is 0 Å². The van der Waals surface area contributed by atoms with Crippen LogP contribution in [-0.4, -0.2) is 32.8 Å². The van der Waals surface area contributed by atoms with Gasteiger partial charge in [0, 0.05) is 19.1 Å². The van der Waals surface area contributed by atoms with Gasteiger partial charge < -0.3 is 15.2 Å². The predicted molar refractivity (Wildman–Crippen MR) is 126 cm³/mol. The second-order valence-electron chi connectivity index (χ2n) is 8.52. The molecule has 0 aromatic carbocycles. The molecule has 0 radical (unpaired) electrons. The zero-order valence-electron chi connectivity index (χ0n) is 17.9. The molecule has 1 aromatic rings. The summed E-state index contributed by atoms with van der Waals surface area (Å²) >= 11 is 0. The zero-order chi connectivity index (χ0) is 19.1. The standard InChI is InChI=1S/C21H38N6.HI/c1-4-8-17-11-13-19(14-12-17)24-21(23-18-9-6-5-7-10-18)22-15-20-26-25-16(2)27(20)3;/h17-19H,4-15H2,1-3H3,(H2,22,23,24);1H. The minimum atomic E-state index is 0. The topological polar surface area (TPSA) is 67.1 Å². The van der Waals surface area contributed by atoms with E-state index in [2.05, 4.69) is 27.8 Å². The van der Waals surface area contributed by atoms with Crippen LogP contribution in [-0.2, 0) is 13.6 Å². The van der Waals surface area contributed by atoms with Crippen molar-refractivity contribution in [2.24, 2.45) is 18.0 Å². The van der Waals surface area contributed by atoms with Crippen molar-refractivity contribution in [2.75, 3.05) is 0 Å². The number of halogens is 1. The van der Waals surface area contributed by atoms with E-state index in [9.17, 15) is 0 Å². The summed E-state index contributed by atoms with van der Waals surface area (Å²) in [6.45, 7) is 4.86. The Balaban J connectivity index is 0.00000280. The molecule has 2 N–H and O–H groups in total. The number of nitrogens with one attached hydrogen (secondary N) is 2. The van der Waals surface area contributed by atoms with E-state index in [1.165, 1.54) is 70.6 Å². The first-order chi connectivity index (χ1) is 13.2. The highest BCUT2D eigenvalue weighted by Crippen LogP contribution is 2.27. The molecule has 160 valence electrons. The SMILES string of the molecule is CCCC1CCC(NC(=NCc2nnc(C)n2C)NC2CCCCC2)CC1.I. The quantitative estimate of drug-likeness (QED) is 0.342. The van der Waals surface area contributed by atoms with Crippen LogP contribution in [0.2, 0.25) is 0 Å². The van der Waals surface area contributed by atoms with Gasteiger partial charge in [-0.2, -0.15) is 0 Å². The number of aryl methyl sites for hydroxylation is 1. The maximum atomic E-state index is 4.88. The Morgan fingerprint density at radius 1 is 1.00 bits per heavy atom. The molecule has 0 aliphatic heterocycles. The summed E-state index contributed by atoms with van der Waals surface area (Å²) in [5.74, 6) is 3.76. The minimum absolute atomic E-state index is 0. The monoisotopic (exact) mass is 502 g/mol. The lowest BCUT2D eigenvalue weighted by molar-refractivity contribution is 0.293. The van der Waals surface area contributed by atoms with Gasteiger partial charge in [-0.25, -0.2) is 4.99 Å². The Bertz CT molecular complexity index is 600. The van der Waals surface area contributed by atoms with E-state index in [0.717, 1.165) is 23.5 Å². The lowest BCUT2D eigenvalue weighted by atomic mass is 9.83. The van der Waals surface area contributed by atoms with Gasteiger partial charge >= 0.3 is 0 Å². The third-order valence-electron chi connectivity index (χ3n) is 6.39. The number of rotatable bonds is 6. The van der Waals surface area contributed by atoms with Crippen molar-refractivity contribution in [3.05, 3.63) is 11.6 Å². The van der Waals surface area contributed by atoms with Crippen LogP contribution >= 0.6 is 24.0 Å². The molecule has 0 saturated heterocycles. The largest absolute Gasteiger partial charge is 0.354 e. The predicted octanol–water partition coefficient (Wildman–Crippen LogP) is 4.47. The molecule has 28 heavy (non-hydrogen) atoms.